The molecule has 0 aliphatic heterocycles. The van der Waals surface area contributed by atoms with Gasteiger partial charge >= 0.3 is 6.03 Å². The summed E-state index contributed by atoms with van der Waals surface area (Å²) in [6.45, 7) is 2.39. The highest BCUT2D eigenvalue weighted by atomic mass is 16.2. The summed E-state index contributed by atoms with van der Waals surface area (Å²) in [4.78, 5) is 32.4. The zero-order valence-electron chi connectivity index (χ0n) is 13.4. The number of amides is 2. The molecule has 4 heterocycles. The fraction of sp³-hybridized carbons (Fsp3) is 0.118. The summed E-state index contributed by atoms with van der Waals surface area (Å²) >= 11 is 0. The Morgan fingerprint density at radius 3 is 2.96 bits per heavy atom. The third-order valence-electron chi connectivity index (χ3n) is 3.68. The molecule has 0 aliphatic carbocycles. The molecule has 0 unspecified atom stereocenters. The maximum Gasteiger partial charge on any atom is 0.320 e. The summed E-state index contributed by atoms with van der Waals surface area (Å²) in [6, 6.07) is 7.10. The number of aromatic amines is 1. The molecule has 124 valence electrons. The second-order valence-electron chi connectivity index (χ2n) is 5.42. The Kier molecular flexibility index (Phi) is 3.70. The van der Waals surface area contributed by atoms with Gasteiger partial charge in [-0.25, -0.2) is 19.7 Å². The largest absolute Gasteiger partial charge is 0.346 e. The smallest absolute Gasteiger partial charge is 0.320 e. The summed E-state index contributed by atoms with van der Waals surface area (Å²) in [5.41, 5.74) is 3.46. The number of hydrogen-bond acceptors (Lipinski definition) is 5. The monoisotopic (exact) mass is 333 g/mol. The summed E-state index contributed by atoms with van der Waals surface area (Å²) in [5, 5.41) is 6.33. The number of urea groups is 1. The average Bonchev–Trinajstić information content (AvgIpc) is 3.09. The molecule has 2 amide bonds. The van der Waals surface area contributed by atoms with Crippen molar-refractivity contribution in [2.75, 3.05) is 11.9 Å². The molecule has 0 spiro atoms. The average molecular weight is 333 g/mol. The van der Waals surface area contributed by atoms with E-state index >= 15 is 0 Å². The van der Waals surface area contributed by atoms with Crippen LogP contribution in [0.25, 0.3) is 33.5 Å². The van der Waals surface area contributed by atoms with Gasteiger partial charge in [-0.15, -0.1) is 0 Å². The van der Waals surface area contributed by atoms with E-state index in [0.29, 0.717) is 29.2 Å². The van der Waals surface area contributed by atoms with Crippen molar-refractivity contribution in [3.8, 4) is 11.3 Å². The summed E-state index contributed by atoms with van der Waals surface area (Å²) in [7, 11) is 0. The highest BCUT2D eigenvalue weighted by molar-refractivity contribution is 5.89. The van der Waals surface area contributed by atoms with Crippen LogP contribution in [-0.4, -0.2) is 37.5 Å². The molecule has 4 aromatic heterocycles. The molecule has 0 radical (unpaired) electrons. The third-order valence-corrected chi connectivity index (χ3v) is 3.68. The van der Waals surface area contributed by atoms with E-state index in [1.54, 1.807) is 24.5 Å². The minimum atomic E-state index is -0.305. The molecule has 0 bridgehead atoms. The predicted octanol–water partition coefficient (Wildman–Crippen LogP) is 2.71. The predicted molar refractivity (Wildman–Crippen MR) is 95.1 cm³/mol. The Bertz CT molecular complexity index is 1070. The molecule has 0 atom stereocenters. The van der Waals surface area contributed by atoms with Gasteiger partial charge in [0.15, 0.2) is 5.65 Å². The number of anilines is 1. The van der Waals surface area contributed by atoms with Crippen molar-refractivity contribution in [3.63, 3.8) is 0 Å². The van der Waals surface area contributed by atoms with Gasteiger partial charge in [0.25, 0.3) is 0 Å². The maximum atomic E-state index is 11.6. The van der Waals surface area contributed by atoms with E-state index in [4.69, 9.17) is 0 Å². The molecule has 3 N–H and O–H groups in total. The van der Waals surface area contributed by atoms with E-state index in [1.165, 1.54) is 0 Å². The zero-order chi connectivity index (χ0) is 17.2. The van der Waals surface area contributed by atoms with Crippen LogP contribution >= 0.6 is 0 Å². The number of carbonyl (C=O) groups is 1. The lowest BCUT2D eigenvalue weighted by molar-refractivity contribution is 0.252. The molecular weight excluding hydrogens is 318 g/mol. The van der Waals surface area contributed by atoms with Gasteiger partial charge in [0.1, 0.15) is 17.0 Å². The molecule has 4 rings (SSSR count). The fourth-order valence-electron chi connectivity index (χ4n) is 2.51. The van der Waals surface area contributed by atoms with E-state index in [1.807, 2.05) is 25.3 Å². The highest BCUT2D eigenvalue weighted by Gasteiger charge is 2.08. The van der Waals surface area contributed by atoms with Crippen LogP contribution in [-0.2, 0) is 0 Å². The van der Waals surface area contributed by atoms with Crippen LogP contribution < -0.4 is 10.6 Å². The SMILES string of the molecule is CCNC(=O)Nc1ccc2ncc(-c3cnc4[nH]ccc4c3)nc2n1. The van der Waals surface area contributed by atoms with Crippen LogP contribution in [0.3, 0.4) is 0 Å². The van der Waals surface area contributed by atoms with Crippen molar-refractivity contribution in [1.82, 2.24) is 30.2 Å². The minimum Gasteiger partial charge on any atom is -0.346 e. The van der Waals surface area contributed by atoms with Crippen LogP contribution in [0.5, 0.6) is 0 Å². The fourth-order valence-corrected chi connectivity index (χ4v) is 2.51. The summed E-state index contributed by atoms with van der Waals surface area (Å²) < 4.78 is 0. The standard InChI is InChI=1S/C17H15N7O/c1-2-18-17(25)24-14-4-3-12-16(23-14)22-13(9-20-12)11-7-10-5-6-19-15(10)21-8-11/h3-9H,2H2,1H3,(H,19,21)(H2,18,22,23,24,25). The van der Waals surface area contributed by atoms with Gasteiger partial charge < -0.3 is 10.3 Å². The van der Waals surface area contributed by atoms with Gasteiger partial charge in [0.2, 0.25) is 0 Å². The first kappa shape index (κ1) is 15.0. The summed E-state index contributed by atoms with van der Waals surface area (Å²) in [6.07, 6.45) is 5.27. The second-order valence-corrected chi connectivity index (χ2v) is 5.42. The first-order valence-electron chi connectivity index (χ1n) is 7.85. The number of aromatic nitrogens is 5. The van der Waals surface area contributed by atoms with Crippen molar-refractivity contribution >= 4 is 34.0 Å². The number of hydrogen-bond donors (Lipinski definition) is 3. The van der Waals surface area contributed by atoms with Crippen LogP contribution in [0.4, 0.5) is 10.6 Å². The molecule has 0 aliphatic rings. The lowest BCUT2D eigenvalue weighted by Gasteiger charge is -2.06. The Morgan fingerprint density at radius 1 is 1.16 bits per heavy atom. The van der Waals surface area contributed by atoms with Gasteiger partial charge in [-0.2, -0.15) is 0 Å². The van der Waals surface area contributed by atoms with E-state index < -0.39 is 0 Å². The van der Waals surface area contributed by atoms with Gasteiger partial charge in [-0.1, -0.05) is 0 Å². The van der Waals surface area contributed by atoms with E-state index in [9.17, 15) is 4.79 Å². The number of fused-ring (bicyclic) bond motifs is 2. The molecule has 0 aromatic carbocycles. The molecule has 8 nitrogen and oxygen atoms in total. The number of H-pyrrole nitrogens is 1. The molecule has 0 fully saturated rings. The number of carbonyl (C=O) groups excluding carboxylic acids is 1. The van der Waals surface area contributed by atoms with Crippen molar-refractivity contribution in [2.45, 2.75) is 6.92 Å². The second kappa shape index (κ2) is 6.16. The van der Waals surface area contributed by atoms with Crippen LogP contribution in [0.1, 0.15) is 6.92 Å². The van der Waals surface area contributed by atoms with E-state index in [0.717, 1.165) is 16.6 Å². The van der Waals surface area contributed by atoms with Crippen LogP contribution in [0.2, 0.25) is 0 Å². The van der Waals surface area contributed by atoms with Crippen LogP contribution in [0, 0.1) is 0 Å². The molecule has 0 saturated heterocycles. The minimum absolute atomic E-state index is 0.305. The van der Waals surface area contributed by atoms with E-state index in [2.05, 4.69) is 35.6 Å². The van der Waals surface area contributed by atoms with Crippen molar-refractivity contribution in [2.24, 2.45) is 0 Å². The number of nitrogens with zero attached hydrogens (tertiary/aromatic N) is 4. The third kappa shape index (κ3) is 2.97. The van der Waals surface area contributed by atoms with Gasteiger partial charge in [-0.3, -0.25) is 10.3 Å². The molecule has 0 saturated carbocycles. The number of rotatable bonds is 3. The zero-order valence-corrected chi connectivity index (χ0v) is 13.4. The van der Waals surface area contributed by atoms with Gasteiger partial charge in [0.05, 0.1) is 11.9 Å². The number of nitrogens with one attached hydrogen (secondary N) is 3. The van der Waals surface area contributed by atoms with Crippen molar-refractivity contribution < 1.29 is 4.79 Å². The molecular formula is C17H15N7O. The molecule has 8 heteroatoms. The Morgan fingerprint density at radius 2 is 2.08 bits per heavy atom. The lowest BCUT2D eigenvalue weighted by Crippen LogP contribution is -2.28. The van der Waals surface area contributed by atoms with Crippen molar-refractivity contribution in [3.05, 3.63) is 42.9 Å². The highest BCUT2D eigenvalue weighted by Crippen LogP contribution is 2.22. The topological polar surface area (TPSA) is 108 Å². The van der Waals surface area contributed by atoms with Crippen molar-refractivity contribution in [1.29, 1.82) is 0 Å². The first-order chi connectivity index (χ1) is 12.2. The maximum absolute atomic E-state index is 11.6. The Balaban J connectivity index is 1.71. The lowest BCUT2D eigenvalue weighted by atomic mass is 10.2. The van der Waals surface area contributed by atoms with Gasteiger partial charge in [0, 0.05) is 29.9 Å². The van der Waals surface area contributed by atoms with Gasteiger partial charge in [-0.05, 0) is 31.2 Å². The quantitative estimate of drug-likeness (QED) is 0.534. The normalized spacial score (nSPS) is 10.9. The molecule has 4 aromatic rings. The Hall–Kier alpha value is -3.55. The molecule has 25 heavy (non-hydrogen) atoms. The number of pyridine rings is 2. The van der Waals surface area contributed by atoms with Crippen LogP contribution in [0.15, 0.2) is 42.9 Å². The first-order valence-corrected chi connectivity index (χ1v) is 7.85. The van der Waals surface area contributed by atoms with E-state index in [-0.39, 0.29) is 6.03 Å². The summed E-state index contributed by atoms with van der Waals surface area (Å²) in [5.74, 6) is 0.420. The Labute approximate surface area is 142 Å².